The molecule has 2 N–H and O–H groups in total. The van der Waals surface area contributed by atoms with Gasteiger partial charge in [0.25, 0.3) is 0 Å². The summed E-state index contributed by atoms with van der Waals surface area (Å²) < 4.78 is 32.6. The van der Waals surface area contributed by atoms with E-state index >= 15 is 0 Å². The van der Waals surface area contributed by atoms with Crippen molar-refractivity contribution >= 4 is 27.5 Å². The molecule has 2 aliphatic rings. The number of anilines is 1. The lowest BCUT2D eigenvalue weighted by atomic mass is 10.2. The van der Waals surface area contributed by atoms with Crippen molar-refractivity contribution in [2.75, 3.05) is 31.6 Å². The van der Waals surface area contributed by atoms with Crippen molar-refractivity contribution in [1.29, 1.82) is 0 Å². The number of hydrogen-bond donors (Lipinski definition) is 2. The molecule has 2 amide bonds. The van der Waals surface area contributed by atoms with Crippen molar-refractivity contribution in [2.45, 2.75) is 24.3 Å². The van der Waals surface area contributed by atoms with E-state index < -0.39 is 16.1 Å². The first-order valence-electron chi connectivity index (χ1n) is 7.68. The van der Waals surface area contributed by atoms with Crippen molar-refractivity contribution in [3.63, 3.8) is 0 Å². The molecule has 0 aromatic heterocycles. The number of fused-ring (bicyclic) bond motifs is 1. The number of sulfonamides is 1. The minimum atomic E-state index is -3.85. The maximum absolute atomic E-state index is 12.5. The van der Waals surface area contributed by atoms with E-state index in [4.69, 9.17) is 4.74 Å². The first kappa shape index (κ1) is 16.9. The Kier molecular flexibility index (Phi) is 4.57. The molecule has 1 saturated heterocycles. The van der Waals surface area contributed by atoms with E-state index in [2.05, 4.69) is 10.0 Å². The van der Waals surface area contributed by atoms with Crippen LogP contribution >= 0.6 is 0 Å². The zero-order valence-electron chi connectivity index (χ0n) is 13.2. The average Bonchev–Trinajstić information content (AvgIpc) is 2.93. The highest BCUT2D eigenvalue weighted by Gasteiger charge is 2.28. The van der Waals surface area contributed by atoms with Gasteiger partial charge in [0.2, 0.25) is 21.8 Å². The van der Waals surface area contributed by atoms with Crippen molar-refractivity contribution < 1.29 is 22.7 Å². The molecule has 9 heteroatoms. The third kappa shape index (κ3) is 3.42. The number of nitrogens with zero attached hydrogens (tertiary/aromatic N) is 1. The third-order valence-electron chi connectivity index (χ3n) is 4.04. The van der Waals surface area contributed by atoms with Crippen LogP contribution in [0.5, 0.6) is 0 Å². The van der Waals surface area contributed by atoms with Crippen LogP contribution in [-0.4, -0.2) is 57.5 Å². The van der Waals surface area contributed by atoms with Crippen LogP contribution in [0.25, 0.3) is 0 Å². The van der Waals surface area contributed by atoms with Gasteiger partial charge in [0.15, 0.2) is 0 Å². The largest absolute Gasteiger partial charge is 0.378 e. The van der Waals surface area contributed by atoms with Gasteiger partial charge < -0.3 is 15.0 Å². The summed E-state index contributed by atoms with van der Waals surface area (Å²) in [7, 11) is -3.85. The van der Waals surface area contributed by atoms with Gasteiger partial charge in [-0.05, 0) is 30.7 Å². The topological polar surface area (TPSA) is 105 Å². The zero-order valence-corrected chi connectivity index (χ0v) is 14.1. The maximum atomic E-state index is 12.5. The zero-order chi connectivity index (χ0) is 17.3. The fraction of sp³-hybridized carbons (Fsp3) is 0.467. The summed E-state index contributed by atoms with van der Waals surface area (Å²) in [6.45, 7) is 3.34. The van der Waals surface area contributed by atoms with Crippen LogP contribution < -0.4 is 10.0 Å². The molecule has 0 bridgehead atoms. The molecule has 1 atom stereocenters. The molecule has 3 rings (SSSR count). The number of carbonyl (C=O) groups is 2. The Hall–Kier alpha value is -1.97. The van der Waals surface area contributed by atoms with Crippen molar-refractivity contribution in [1.82, 2.24) is 9.62 Å². The second kappa shape index (κ2) is 6.50. The highest BCUT2D eigenvalue weighted by atomic mass is 32.2. The van der Waals surface area contributed by atoms with Gasteiger partial charge >= 0.3 is 0 Å². The lowest BCUT2D eigenvalue weighted by Crippen LogP contribution is -2.50. The lowest BCUT2D eigenvalue weighted by molar-refractivity contribution is -0.136. The minimum absolute atomic E-state index is 0.0411. The smallest absolute Gasteiger partial charge is 0.241 e. The van der Waals surface area contributed by atoms with Gasteiger partial charge in [0.1, 0.15) is 0 Å². The molecule has 1 aromatic rings. The number of carbonyl (C=O) groups excluding carboxylic acids is 2. The molecule has 24 heavy (non-hydrogen) atoms. The summed E-state index contributed by atoms with van der Waals surface area (Å²) in [5.74, 6) is -0.441. The Balaban J connectivity index is 1.72. The third-order valence-corrected chi connectivity index (χ3v) is 5.58. The normalized spacial score (nSPS) is 18.9. The maximum Gasteiger partial charge on any atom is 0.241 e. The van der Waals surface area contributed by atoms with E-state index in [9.17, 15) is 18.0 Å². The summed E-state index contributed by atoms with van der Waals surface area (Å²) in [6, 6.07) is 3.56. The quantitative estimate of drug-likeness (QED) is 0.774. The molecule has 1 fully saturated rings. The molecule has 0 spiro atoms. The molecule has 130 valence electrons. The molecule has 0 radical (unpaired) electrons. The van der Waals surface area contributed by atoms with Crippen LogP contribution in [0.15, 0.2) is 23.1 Å². The molecule has 2 heterocycles. The van der Waals surface area contributed by atoms with E-state index in [1.165, 1.54) is 19.1 Å². The fourth-order valence-corrected chi connectivity index (χ4v) is 4.03. The van der Waals surface area contributed by atoms with Crippen LogP contribution in [0.1, 0.15) is 12.5 Å². The molecular formula is C15H19N3O5S. The van der Waals surface area contributed by atoms with Gasteiger partial charge in [-0.3, -0.25) is 9.59 Å². The van der Waals surface area contributed by atoms with Gasteiger partial charge in [-0.1, -0.05) is 0 Å². The molecule has 0 saturated carbocycles. The van der Waals surface area contributed by atoms with Crippen molar-refractivity contribution in [3.8, 4) is 0 Å². The Bertz CT molecular complexity index is 771. The van der Waals surface area contributed by atoms with E-state index in [0.717, 1.165) is 0 Å². The molecule has 8 nitrogen and oxygen atoms in total. The molecule has 2 aliphatic heterocycles. The Morgan fingerprint density at radius 2 is 2.04 bits per heavy atom. The molecule has 0 aliphatic carbocycles. The fourth-order valence-electron chi connectivity index (χ4n) is 2.78. The number of benzene rings is 1. The van der Waals surface area contributed by atoms with Crippen LogP contribution in [0.4, 0.5) is 5.69 Å². The average molecular weight is 353 g/mol. The van der Waals surface area contributed by atoms with Gasteiger partial charge in [-0.15, -0.1) is 0 Å². The lowest BCUT2D eigenvalue weighted by Gasteiger charge is -2.29. The van der Waals surface area contributed by atoms with E-state index in [1.807, 2.05) is 0 Å². The van der Waals surface area contributed by atoms with Gasteiger partial charge in [0, 0.05) is 18.8 Å². The first-order valence-corrected chi connectivity index (χ1v) is 9.17. The summed E-state index contributed by atoms with van der Waals surface area (Å²) in [4.78, 5) is 25.3. The highest BCUT2D eigenvalue weighted by molar-refractivity contribution is 7.89. The Morgan fingerprint density at radius 3 is 2.75 bits per heavy atom. The number of nitrogens with one attached hydrogen (secondary N) is 2. The van der Waals surface area contributed by atoms with E-state index in [-0.39, 0.29) is 23.1 Å². The van der Waals surface area contributed by atoms with Crippen LogP contribution in [0, 0.1) is 0 Å². The SMILES string of the molecule is C[C@H](NS(=O)(=O)c1ccc2c(c1)CC(=O)N2)C(=O)N1CCOCC1. The first-order chi connectivity index (χ1) is 11.4. The monoisotopic (exact) mass is 353 g/mol. The van der Waals surface area contributed by atoms with E-state index in [0.29, 0.717) is 37.6 Å². The Labute approximate surface area is 140 Å². The van der Waals surface area contributed by atoms with Crippen molar-refractivity contribution in [3.05, 3.63) is 23.8 Å². The van der Waals surface area contributed by atoms with Crippen LogP contribution in [0.3, 0.4) is 0 Å². The van der Waals surface area contributed by atoms with Gasteiger partial charge in [0.05, 0.1) is 30.6 Å². The van der Waals surface area contributed by atoms with Crippen molar-refractivity contribution in [2.24, 2.45) is 0 Å². The minimum Gasteiger partial charge on any atom is -0.378 e. The summed E-state index contributed by atoms with van der Waals surface area (Å²) in [6.07, 6.45) is 0.154. The van der Waals surface area contributed by atoms with E-state index in [1.54, 1.807) is 11.0 Å². The predicted molar refractivity (Wildman–Crippen MR) is 86.0 cm³/mol. The number of hydrogen-bond acceptors (Lipinski definition) is 5. The molecule has 1 aromatic carbocycles. The standard InChI is InChI=1S/C15H19N3O5S/c1-10(15(20)18-4-6-23-7-5-18)17-24(21,22)12-2-3-13-11(8-12)9-14(19)16-13/h2-3,8,10,17H,4-7,9H2,1H3,(H,16,19)/t10-/m0/s1. The second-order valence-corrected chi connectivity index (χ2v) is 7.54. The van der Waals surface area contributed by atoms with Gasteiger partial charge in [-0.2, -0.15) is 4.72 Å². The number of amides is 2. The number of morpholine rings is 1. The summed E-state index contributed by atoms with van der Waals surface area (Å²) in [5.41, 5.74) is 1.26. The Morgan fingerprint density at radius 1 is 1.33 bits per heavy atom. The van der Waals surface area contributed by atoms with Crippen LogP contribution in [-0.2, 0) is 30.8 Å². The number of rotatable bonds is 4. The number of ether oxygens (including phenoxy) is 1. The molecule has 0 unspecified atom stereocenters. The summed E-state index contributed by atoms with van der Waals surface area (Å²) in [5, 5.41) is 2.65. The van der Waals surface area contributed by atoms with Crippen LogP contribution in [0.2, 0.25) is 0 Å². The second-order valence-electron chi connectivity index (χ2n) is 5.82. The predicted octanol–water partition coefficient (Wildman–Crippen LogP) is -0.293. The summed E-state index contributed by atoms with van der Waals surface area (Å²) >= 11 is 0. The molecular weight excluding hydrogens is 334 g/mol. The highest BCUT2D eigenvalue weighted by Crippen LogP contribution is 2.25. The van der Waals surface area contributed by atoms with Gasteiger partial charge in [-0.25, -0.2) is 8.42 Å².